The number of hydrogen-bond donors (Lipinski definition) is 2. The molecule has 1 aliphatic carbocycles. The lowest BCUT2D eigenvalue weighted by molar-refractivity contribution is 0.0713. The minimum absolute atomic E-state index is 0.0713. The third kappa shape index (κ3) is 5.16. The van der Waals surface area contributed by atoms with Crippen LogP contribution in [0.1, 0.15) is 53.1 Å². The lowest BCUT2D eigenvalue weighted by atomic mass is 9.89. The van der Waals surface area contributed by atoms with Crippen LogP contribution in [0, 0.1) is 18.6 Å². The van der Waals surface area contributed by atoms with Crippen molar-refractivity contribution in [2.75, 3.05) is 18.4 Å². The first-order chi connectivity index (χ1) is 19.2. The summed E-state index contributed by atoms with van der Waals surface area (Å²) < 4.78 is 57.1. The first kappa shape index (κ1) is 26.3. The number of rotatable bonds is 7. The van der Waals surface area contributed by atoms with Crippen molar-refractivity contribution in [2.45, 2.75) is 49.5 Å². The number of fused-ring (bicyclic) bond motifs is 1. The SMILES string of the molecule is Cc1cc(F)ccc1Nc1c(C(=O)N2CCC(c3ccc(F)cc3)CC2)cnc2c(S(=O)(=O)NC3CC3)cnn12. The zero-order valence-corrected chi connectivity index (χ0v) is 22.6. The Balaban J connectivity index is 1.34. The van der Waals surface area contributed by atoms with Gasteiger partial charge >= 0.3 is 0 Å². The van der Waals surface area contributed by atoms with Gasteiger partial charge in [-0.25, -0.2) is 26.9 Å². The fraction of sp³-hybridized carbons (Fsp3) is 0.321. The number of nitrogens with zero attached hydrogens (tertiary/aromatic N) is 4. The number of anilines is 2. The monoisotopic (exact) mass is 566 g/mol. The summed E-state index contributed by atoms with van der Waals surface area (Å²) in [6.45, 7) is 2.69. The zero-order valence-electron chi connectivity index (χ0n) is 21.8. The van der Waals surface area contributed by atoms with Gasteiger partial charge in [0.2, 0.25) is 10.0 Å². The molecule has 2 aromatic carbocycles. The summed E-state index contributed by atoms with van der Waals surface area (Å²) in [4.78, 5) is 19.8. The summed E-state index contributed by atoms with van der Waals surface area (Å²) in [6, 6.07) is 10.6. The molecule has 2 fully saturated rings. The molecule has 208 valence electrons. The first-order valence-electron chi connectivity index (χ1n) is 13.2. The van der Waals surface area contributed by atoms with Gasteiger partial charge in [0.15, 0.2) is 5.65 Å². The predicted octanol–water partition coefficient (Wildman–Crippen LogP) is 4.52. The maximum atomic E-state index is 13.8. The molecule has 2 aliphatic rings. The van der Waals surface area contributed by atoms with E-state index in [0.29, 0.717) is 37.2 Å². The van der Waals surface area contributed by atoms with Crippen molar-refractivity contribution in [1.82, 2.24) is 24.2 Å². The molecule has 1 saturated heterocycles. The molecule has 3 heterocycles. The maximum Gasteiger partial charge on any atom is 0.259 e. The molecular formula is C28H28F2N6O3S. The topological polar surface area (TPSA) is 109 Å². The van der Waals surface area contributed by atoms with Gasteiger partial charge in [0.1, 0.15) is 27.9 Å². The van der Waals surface area contributed by atoms with E-state index in [0.717, 1.165) is 18.4 Å². The molecular weight excluding hydrogens is 538 g/mol. The van der Waals surface area contributed by atoms with Gasteiger partial charge < -0.3 is 10.2 Å². The Labute approximate surface area is 230 Å². The highest BCUT2D eigenvalue weighted by Gasteiger charge is 2.32. The Morgan fingerprint density at radius 2 is 1.68 bits per heavy atom. The minimum atomic E-state index is -3.86. The van der Waals surface area contributed by atoms with Gasteiger partial charge in [0.05, 0.1) is 6.20 Å². The average molecular weight is 567 g/mol. The Morgan fingerprint density at radius 1 is 0.975 bits per heavy atom. The lowest BCUT2D eigenvalue weighted by Gasteiger charge is -2.32. The summed E-state index contributed by atoms with van der Waals surface area (Å²) in [7, 11) is -3.86. The molecule has 9 nitrogen and oxygen atoms in total. The number of hydrogen-bond acceptors (Lipinski definition) is 6. The number of halogens is 2. The molecule has 0 unspecified atom stereocenters. The molecule has 1 aliphatic heterocycles. The van der Waals surface area contributed by atoms with Crippen LogP contribution in [0.5, 0.6) is 0 Å². The minimum Gasteiger partial charge on any atom is -0.339 e. The molecule has 40 heavy (non-hydrogen) atoms. The first-order valence-corrected chi connectivity index (χ1v) is 14.6. The number of benzene rings is 2. The van der Waals surface area contributed by atoms with Gasteiger partial charge in [-0.15, -0.1) is 0 Å². The highest BCUT2D eigenvalue weighted by Crippen LogP contribution is 2.32. The number of nitrogens with one attached hydrogen (secondary N) is 2. The molecule has 0 atom stereocenters. The maximum absolute atomic E-state index is 13.8. The quantitative estimate of drug-likeness (QED) is 0.341. The van der Waals surface area contributed by atoms with E-state index in [1.165, 1.54) is 41.2 Å². The Kier molecular flexibility index (Phi) is 6.75. The van der Waals surface area contributed by atoms with Crippen molar-refractivity contribution < 1.29 is 22.0 Å². The van der Waals surface area contributed by atoms with Crippen LogP contribution in [0.4, 0.5) is 20.3 Å². The van der Waals surface area contributed by atoms with E-state index in [-0.39, 0.29) is 45.6 Å². The molecule has 0 spiro atoms. The van der Waals surface area contributed by atoms with Gasteiger partial charge in [-0.3, -0.25) is 4.79 Å². The van der Waals surface area contributed by atoms with Gasteiger partial charge in [-0.2, -0.15) is 9.61 Å². The fourth-order valence-electron chi connectivity index (χ4n) is 5.08. The number of aromatic nitrogens is 3. The van der Waals surface area contributed by atoms with E-state index in [1.807, 2.05) is 0 Å². The molecule has 0 bridgehead atoms. The number of likely N-dealkylation sites (tertiary alicyclic amines) is 1. The van der Waals surface area contributed by atoms with Crippen molar-refractivity contribution in [3.63, 3.8) is 0 Å². The summed E-state index contributed by atoms with van der Waals surface area (Å²) in [5.74, 6) is -0.526. The van der Waals surface area contributed by atoms with Gasteiger partial charge in [-0.05, 0) is 80.0 Å². The summed E-state index contributed by atoms with van der Waals surface area (Å²) >= 11 is 0. The molecule has 12 heteroatoms. The fourth-order valence-corrected chi connectivity index (χ4v) is 6.44. The van der Waals surface area contributed by atoms with Crippen LogP contribution in [0.15, 0.2) is 59.8 Å². The van der Waals surface area contributed by atoms with Crippen molar-refractivity contribution in [3.8, 4) is 0 Å². The van der Waals surface area contributed by atoms with E-state index < -0.39 is 15.8 Å². The molecule has 2 N–H and O–H groups in total. The van der Waals surface area contributed by atoms with E-state index >= 15 is 0 Å². The molecule has 1 amide bonds. The summed E-state index contributed by atoms with van der Waals surface area (Å²) in [5.41, 5.74) is 2.45. The number of amides is 1. The highest BCUT2D eigenvalue weighted by molar-refractivity contribution is 7.89. The van der Waals surface area contributed by atoms with E-state index in [1.54, 1.807) is 30.0 Å². The number of aryl methyl sites for hydroxylation is 1. The van der Waals surface area contributed by atoms with Crippen LogP contribution in [-0.2, 0) is 10.0 Å². The van der Waals surface area contributed by atoms with Crippen LogP contribution in [0.3, 0.4) is 0 Å². The molecule has 4 aromatic rings. The molecule has 0 radical (unpaired) electrons. The van der Waals surface area contributed by atoms with Crippen LogP contribution >= 0.6 is 0 Å². The second-order valence-electron chi connectivity index (χ2n) is 10.4. The Morgan fingerprint density at radius 3 is 2.35 bits per heavy atom. The molecule has 1 saturated carbocycles. The lowest BCUT2D eigenvalue weighted by Crippen LogP contribution is -2.38. The second-order valence-corrected chi connectivity index (χ2v) is 12.0. The van der Waals surface area contributed by atoms with Crippen molar-refractivity contribution in [2.24, 2.45) is 0 Å². The number of piperidine rings is 1. The summed E-state index contributed by atoms with van der Waals surface area (Å²) in [6.07, 6.45) is 5.56. The second kappa shape index (κ2) is 10.3. The standard InChI is InChI=1S/C28H28F2N6O3S/c1-17-14-21(30)6-9-24(17)33-26-23(15-31-27-25(16-32-36(26)27)40(38,39)34-22-7-8-22)28(37)35-12-10-19(11-13-35)18-2-4-20(29)5-3-18/h2-6,9,14-16,19,22,33-34H,7-8,10-13H2,1H3. The van der Waals surface area contributed by atoms with E-state index in [2.05, 4.69) is 20.1 Å². The summed E-state index contributed by atoms with van der Waals surface area (Å²) in [5, 5.41) is 7.48. The van der Waals surface area contributed by atoms with E-state index in [4.69, 9.17) is 0 Å². The van der Waals surface area contributed by atoms with Crippen LogP contribution < -0.4 is 10.0 Å². The zero-order chi connectivity index (χ0) is 28.0. The Hall–Kier alpha value is -3.90. The molecule has 2 aromatic heterocycles. The smallest absolute Gasteiger partial charge is 0.259 e. The van der Waals surface area contributed by atoms with Crippen molar-refractivity contribution in [3.05, 3.63) is 83.2 Å². The Bertz CT molecular complexity index is 1700. The molecule has 6 rings (SSSR count). The van der Waals surface area contributed by atoms with Gasteiger partial charge in [0.25, 0.3) is 5.91 Å². The van der Waals surface area contributed by atoms with Gasteiger partial charge in [-0.1, -0.05) is 12.1 Å². The largest absolute Gasteiger partial charge is 0.339 e. The van der Waals surface area contributed by atoms with Crippen LogP contribution in [0.25, 0.3) is 5.65 Å². The predicted molar refractivity (Wildman–Crippen MR) is 145 cm³/mol. The third-order valence-electron chi connectivity index (χ3n) is 7.48. The van der Waals surface area contributed by atoms with Crippen molar-refractivity contribution in [1.29, 1.82) is 0 Å². The third-order valence-corrected chi connectivity index (χ3v) is 8.99. The van der Waals surface area contributed by atoms with Gasteiger partial charge in [0, 0.05) is 31.0 Å². The average Bonchev–Trinajstić information content (AvgIpc) is 3.62. The van der Waals surface area contributed by atoms with Crippen LogP contribution in [-0.4, -0.2) is 53.0 Å². The highest BCUT2D eigenvalue weighted by atomic mass is 32.2. The van der Waals surface area contributed by atoms with Crippen LogP contribution in [0.2, 0.25) is 0 Å². The van der Waals surface area contributed by atoms with E-state index in [9.17, 15) is 22.0 Å². The number of carbonyl (C=O) groups excluding carboxylic acids is 1. The van der Waals surface area contributed by atoms with Crippen molar-refractivity contribution >= 4 is 33.1 Å². The number of sulfonamides is 1. The number of carbonyl (C=O) groups is 1. The normalized spacial score (nSPS) is 16.4.